The Hall–Kier alpha value is -1.79. The van der Waals surface area contributed by atoms with Gasteiger partial charge in [-0.3, -0.25) is 4.79 Å². The molecule has 7 nitrogen and oxygen atoms in total. The lowest BCUT2D eigenvalue weighted by atomic mass is 9.93. The Balaban J connectivity index is 2.73. The number of carboxylic acid groups (broad SMARTS) is 1. The lowest BCUT2D eigenvalue weighted by Gasteiger charge is -2.37. The van der Waals surface area contributed by atoms with Crippen LogP contribution < -0.4 is 11.1 Å². The van der Waals surface area contributed by atoms with Gasteiger partial charge in [0, 0.05) is 12.6 Å². The SMILES string of the molecule is CC(C)[C@@H](NC(=O)N1CC(C(N)=O)CCC1C)C(=O)O. The molecule has 2 unspecified atom stereocenters. The Kier molecular flexibility index (Phi) is 5.35. The summed E-state index contributed by atoms with van der Waals surface area (Å²) in [4.78, 5) is 36.0. The van der Waals surface area contributed by atoms with Gasteiger partial charge in [0.2, 0.25) is 5.91 Å². The van der Waals surface area contributed by atoms with Crippen molar-refractivity contribution in [3.05, 3.63) is 0 Å². The molecule has 0 aromatic carbocycles. The molecule has 0 aromatic heterocycles. The van der Waals surface area contributed by atoms with E-state index in [0.29, 0.717) is 12.8 Å². The molecule has 4 N–H and O–H groups in total. The average molecular weight is 285 g/mol. The highest BCUT2D eigenvalue weighted by molar-refractivity contribution is 5.84. The maximum absolute atomic E-state index is 12.2. The van der Waals surface area contributed by atoms with Crippen molar-refractivity contribution in [2.75, 3.05) is 6.54 Å². The third-order valence-corrected chi connectivity index (χ3v) is 3.76. The fourth-order valence-corrected chi connectivity index (χ4v) is 2.35. The molecule has 20 heavy (non-hydrogen) atoms. The highest BCUT2D eigenvalue weighted by Crippen LogP contribution is 2.22. The first-order chi connectivity index (χ1) is 9.23. The fraction of sp³-hybridized carbons (Fsp3) is 0.769. The zero-order chi connectivity index (χ0) is 15.4. The van der Waals surface area contributed by atoms with Crippen LogP contribution in [0.5, 0.6) is 0 Å². The molecule has 0 bridgehead atoms. The second kappa shape index (κ2) is 6.58. The van der Waals surface area contributed by atoms with E-state index in [9.17, 15) is 14.4 Å². The molecular formula is C13H23N3O4. The maximum atomic E-state index is 12.2. The molecule has 1 aliphatic rings. The molecule has 0 saturated carbocycles. The van der Waals surface area contributed by atoms with Crippen LogP contribution in [0, 0.1) is 11.8 Å². The van der Waals surface area contributed by atoms with E-state index in [4.69, 9.17) is 10.8 Å². The van der Waals surface area contributed by atoms with Gasteiger partial charge in [-0.2, -0.15) is 0 Å². The smallest absolute Gasteiger partial charge is 0.326 e. The van der Waals surface area contributed by atoms with Gasteiger partial charge in [0.05, 0.1) is 5.92 Å². The first kappa shape index (κ1) is 16.3. The van der Waals surface area contributed by atoms with E-state index in [1.807, 2.05) is 6.92 Å². The van der Waals surface area contributed by atoms with Gasteiger partial charge in [-0.25, -0.2) is 9.59 Å². The number of nitrogens with zero attached hydrogens (tertiary/aromatic N) is 1. The van der Waals surface area contributed by atoms with Crippen molar-refractivity contribution in [3.63, 3.8) is 0 Å². The Bertz CT molecular complexity index is 397. The van der Waals surface area contributed by atoms with Crippen molar-refractivity contribution < 1.29 is 19.5 Å². The number of aliphatic carboxylic acids is 1. The van der Waals surface area contributed by atoms with E-state index in [1.165, 1.54) is 4.90 Å². The van der Waals surface area contributed by atoms with Gasteiger partial charge in [0.1, 0.15) is 6.04 Å². The van der Waals surface area contributed by atoms with Gasteiger partial charge < -0.3 is 21.1 Å². The predicted molar refractivity (Wildman–Crippen MR) is 72.9 cm³/mol. The highest BCUT2D eigenvalue weighted by atomic mass is 16.4. The maximum Gasteiger partial charge on any atom is 0.326 e. The molecule has 1 aliphatic heterocycles. The number of nitrogens with one attached hydrogen (secondary N) is 1. The Morgan fingerprint density at radius 2 is 1.90 bits per heavy atom. The second-order valence-corrected chi connectivity index (χ2v) is 5.69. The molecule has 1 fully saturated rings. The van der Waals surface area contributed by atoms with Gasteiger partial charge in [-0.15, -0.1) is 0 Å². The van der Waals surface area contributed by atoms with Crippen LogP contribution in [-0.2, 0) is 9.59 Å². The minimum absolute atomic E-state index is 0.0350. The molecule has 1 saturated heterocycles. The summed E-state index contributed by atoms with van der Waals surface area (Å²) in [6.45, 7) is 5.57. The molecule has 3 atom stereocenters. The van der Waals surface area contributed by atoms with Crippen LogP contribution in [0.1, 0.15) is 33.6 Å². The van der Waals surface area contributed by atoms with Crippen molar-refractivity contribution in [2.24, 2.45) is 17.6 Å². The van der Waals surface area contributed by atoms with Crippen molar-refractivity contribution >= 4 is 17.9 Å². The quantitative estimate of drug-likeness (QED) is 0.693. The fourth-order valence-electron chi connectivity index (χ4n) is 2.35. The summed E-state index contributed by atoms with van der Waals surface area (Å²) in [5, 5.41) is 11.6. The zero-order valence-electron chi connectivity index (χ0n) is 12.1. The monoisotopic (exact) mass is 285 g/mol. The summed E-state index contributed by atoms with van der Waals surface area (Å²) in [5.74, 6) is -2.07. The van der Waals surface area contributed by atoms with E-state index >= 15 is 0 Å². The number of carbonyl (C=O) groups excluding carboxylic acids is 2. The number of nitrogens with two attached hydrogens (primary N) is 1. The third kappa shape index (κ3) is 3.85. The number of carbonyl (C=O) groups is 3. The molecule has 3 amide bonds. The number of rotatable bonds is 4. The standard InChI is InChI=1S/C13H23N3O4/c1-7(2)10(12(18)19)15-13(20)16-6-9(11(14)17)5-4-8(16)3/h7-10H,4-6H2,1-3H3,(H2,14,17)(H,15,20)(H,18,19)/t8?,9?,10-/m1/s1. The largest absolute Gasteiger partial charge is 0.480 e. The molecule has 0 aromatic rings. The number of amides is 3. The summed E-state index contributed by atoms with van der Waals surface area (Å²) in [7, 11) is 0. The molecule has 1 rings (SSSR count). The molecule has 0 aliphatic carbocycles. The third-order valence-electron chi connectivity index (χ3n) is 3.76. The van der Waals surface area contributed by atoms with Gasteiger partial charge in [-0.05, 0) is 25.7 Å². The van der Waals surface area contributed by atoms with Crippen LogP contribution in [0.2, 0.25) is 0 Å². The number of hydrogen-bond acceptors (Lipinski definition) is 3. The lowest BCUT2D eigenvalue weighted by Crippen LogP contribution is -2.56. The lowest BCUT2D eigenvalue weighted by molar-refractivity contribution is -0.140. The number of urea groups is 1. The first-order valence-electron chi connectivity index (χ1n) is 6.83. The van der Waals surface area contributed by atoms with Crippen molar-refractivity contribution in [1.82, 2.24) is 10.2 Å². The number of carboxylic acids is 1. The topological polar surface area (TPSA) is 113 Å². The summed E-state index contributed by atoms with van der Waals surface area (Å²) in [6.07, 6.45) is 1.34. The summed E-state index contributed by atoms with van der Waals surface area (Å²) in [5.41, 5.74) is 5.28. The minimum Gasteiger partial charge on any atom is -0.480 e. The van der Waals surface area contributed by atoms with E-state index in [2.05, 4.69) is 5.32 Å². The Morgan fingerprint density at radius 3 is 2.35 bits per heavy atom. The van der Waals surface area contributed by atoms with E-state index in [0.717, 1.165) is 0 Å². The number of piperidine rings is 1. The van der Waals surface area contributed by atoms with Crippen LogP contribution in [0.15, 0.2) is 0 Å². The minimum atomic E-state index is -1.07. The summed E-state index contributed by atoms with van der Waals surface area (Å²) < 4.78 is 0. The average Bonchev–Trinajstić information content (AvgIpc) is 2.34. The molecular weight excluding hydrogens is 262 g/mol. The molecule has 0 radical (unpaired) electrons. The van der Waals surface area contributed by atoms with Gasteiger partial charge in [-0.1, -0.05) is 13.8 Å². The number of primary amides is 1. The van der Waals surface area contributed by atoms with Crippen LogP contribution in [-0.4, -0.2) is 46.5 Å². The highest BCUT2D eigenvalue weighted by Gasteiger charge is 2.33. The van der Waals surface area contributed by atoms with Gasteiger partial charge in [0.15, 0.2) is 0 Å². The first-order valence-corrected chi connectivity index (χ1v) is 6.83. The molecule has 114 valence electrons. The van der Waals surface area contributed by atoms with Crippen LogP contribution in [0.4, 0.5) is 4.79 Å². The predicted octanol–water partition coefficient (Wildman–Crippen LogP) is 0.391. The van der Waals surface area contributed by atoms with Crippen molar-refractivity contribution in [1.29, 1.82) is 0 Å². The number of likely N-dealkylation sites (tertiary alicyclic amines) is 1. The van der Waals surface area contributed by atoms with Crippen LogP contribution in [0.3, 0.4) is 0 Å². The van der Waals surface area contributed by atoms with Crippen LogP contribution in [0.25, 0.3) is 0 Å². The van der Waals surface area contributed by atoms with Crippen molar-refractivity contribution in [2.45, 2.75) is 45.7 Å². The van der Waals surface area contributed by atoms with E-state index < -0.39 is 23.9 Å². The van der Waals surface area contributed by atoms with E-state index in [1.54, 1.807) is 13.8 Å². The normalized spacial score (nSPS) is 24.3. The second-order valence-electron chi connectivity index (χ2n) is 5.69. The van der Waals surface area contributed by atoms with Gasteiger partial charge >= 0.3 is 12.0 Å². The van der Waals surface area contributed by atoms with E-state index in [-0.39, 0.29) is 24.4 Å². The molecule has 0 spiro atoms. The molecule has 1 heterocycles. The summed E-state index contributed by atoms with van der Waals surface area (Å²) >= 11 is 0. The zero-order valence-corrected chi connectivity index (χ0v) is 12.1. The Labute approximate surface area is 118 Å². The Morgan fingerprint density at radius 1 is 1.30 bits per heavy atom. The van der Waals surface area contributed by atoms with Crippen LogP contribution >= 0.6 is 0 Å². The summed E-state index contributed by atoms with van der Waals surface area (Å²) in [6, 6.07) is -1.43. The number of hydrogen-bond donors (Lipinski definition) is 3. The van der Waals surface area contributed by atoms with Crippen molar-refractivity contribution in [3.8, 4) is 0 Å². The molecule has 7 heteroatoms. The van der Waals surface area contributed by atoms with Gasteiger partial charge in [0.25, 0.3) is 0 Å².